The van der Waals surface area contributed by atoms with Crippen LogP contribution in [0.1, 0.15) is 45.7 Å². The van der Waals surface area contributed by atoms with Crippen LogP contribution in [-0.4, -0.2) is 18.4 Å². The zero-order chi connectivity index (χ0) is 14.9. The minimum Gasteiger partial charge on any atom is -0.413 e. The van der Waals surface area contributed by atoms with Gasteiger partial charge in [0.15, 0.2) is 8.32 Å². The van der Waals surface area contributed by atoms with Crippen LogP contribution in [0.25, 0.3) is 0 Å². The normalized spacial score (nSPS) is 13.7. The second-order valence-corrected chi connectivity index (χ2v) is 12.0. The van der Waals surface area contributed by atoms with Crippen molar-refractivity contribution < 1.29 is 9.53 Å². The van der Waals surface area contributed by atoms with Crippen molar-refractivity contribution in [2.24, 2.45) is 0 Å². The Morgan fingerprint density at radius 1 is 1.16 bits per heavy atom. The minimum absolute atomic E-state index is 0.203. The molecule has 1 N–H and O–H groups in total. The maximum atomic E-state index is 10.00. The Hall–Kier alpha value is -0.713. The Kier molecular flexibility index (Phi) is 4.60. The largest absolute Gasteiger partial charge is 0.413 e. The Morgan fingerprint density at radius 2 is 1.74 bits per heavy atom. The zero-order valence-electron chi connectivity index (χ0n) is 13.2. The van der Waals surface area contributed by atoms with Gasteiger partial charge in [-0.3, -0.25) is 4.98 Å². The molecule has 1 aromatic rings. The Bertz CT molecular complexity index is 431. The van der Waals surface area contributed by atoms with Gasteiger partial charge in [-0.2, -0.15) is 0 Å². The summed E-state index contributed by atoms with van der Waals surface area (Å²) in [6.07, 6.45) is 3.51. The first kappa shape index (κ1) is 16.3. The molecule has 0 atom stereocenters. The Balaban J connectivity index is 2.80. The van der Waals surface area contributed by atoms with E-state index in [9.17, 15) is 5.11 Å². The van der Waals surface area contributed by atoms with Gasteiger partial charge in [-0.1, -0.05) is 20.8 Å². The van der Waals surface area contributed by atoms with Crippen LogP contribution in [0.2, 0.25) is 18.1 Å². The first-order chi connectivity index (χ1) is 8.43. The van der Waals surface area contributed by atoms with E-state index in [1.165, 1.54) is 0 Å². The molecular formula is C15H27NO2Si. The fourth-order valence-corrected chi connectivity index (χ4v) is 2.34. The van der Waals surface area contributed by atoms with Gasteiger partial charge in [0.1, 0.15) is 0 Å². The predicted molar refractivity (Wildman–Crippen MR) is 81.5 cm³/mol. The number of hydrogen-bond donors (Lipinski definition) is 1. The van der Waals surface area contributed by atoms with E-state index in [0.717, 1.165) is 11.1 Å². The number of nitrogens with zero attached hydrogens (tertiary/aromatic N) is 1. The molecule has 1 rings (SSSR count). The third kappa shape index (κ3) is 4.40. The molecule has 19 heavy (non-hydrogen) atoms. The van der Waals surface area contributed by atoms with E-state index < -0.39 is 13.9 Å². The molecule has 0 aliphatic rings. The zero-order valence-corrected chi connectivity index (χ0v) is 14.2. The van der Waals surface area contributed by atoms with Gasteiger partial charge >= 0.3 is 0 Å². The highest BCUT2D eigenvalue weighted by atomic mass is 28.4. The van der Waals surface area contributed by atoms with Crippen molar-refractivity contribution in [2.45, 2.75) is 65.0 Å². The molecule has 108 valence electrons. The summed E-state index contributed by atoms with van der Waals surface area (Å²) in [5, 5.41) is 10.2. The quantitative estimate of drug-likeness (QED) is 0.853. The van der Waals surface area contributed by atoms with Crippen molar-refractivity contribution >= 4 is 8.32 Å². The molecule has 0 bridgehead atoms. The van der Waals surface area contributed by atoms with Crippen LogP contribution in [0.3, 0.4) is 0 Å². The summed E-state index contributed by atoms with van der Waals surface area (Å²) in [6.45, 7) is 15.2. The highest BCUT2D eigenvalue weighted by Crippen LogP contribution is 2.37. The fourth-order valence-electron chi connectivity index (χ4n) is 1.38. The molecule has 0 spiro atoms. The van der Waals surface area contributed by atoms with Gasteiger partial charge < -0.3 is 9.53 Å². The maximum absolute atomic E-state index is 10.00. The van der Waals surface area contributed by atoms with Gasteiger partial charge in [-0.25, -0.2) is 0 Å². The van der Waals surface area contributed by atoms with Crippen LogP contribution >= 0.6 is 0 Å². The van der Waals surface area contributed by atoms with Gasteiger partial charge in [0, 0.05) is 18.0 Å². The lowest BCUT2D eigenvalue weighted by molar-refractivity contribution is 0.0780. The van der Waals surface area contributed by atoms with E-state index in [-0.39, 0.29) is 5.04 Å². The summed E-state index contributed by atoms with van der Waals surface area (Å²) in [7, 11) is -1.74. The van der Waals surface area contributed by atoms with Gasteiger partial charge in [0.2, 0.25) is 0 Å². The Morgan fingerprint density at radius 3 is 2.21 bits per heavy atom. The molecule has 0 saturated carbocycles. The van der Waals surface area contributed by atoms with Crippen molar-refractivity contribution in [1.82, 2.24) is 4.98 Å². The standard InChI is InChI=1S/C15H27NO2Si/c1-14(2,3)19(6,7)18-11-12-8-13(10-16-9-12)15(4,5)17/h8-10,17H,11H2,1-7H3. The topological polar surface area (TPSA) is 42.4 Å². The van der Waals surface area contributed by atoms with Gasteiger partial charge in [0.25, 0.3) is 0 Å². The molecule has 1 heterocycles. The fraction of sp³-hybridized carbons (Fsp3) is 0.667. The third-order valence-electron chi connectivity index (χ3n) is 3.91. The smallest absolute Gasteiger partial charge is 0.192 e. The van der Waals surface area contributed by atoms with Crippen molar-refractivity contribution in [1.29, 1.82) is 0 Å². The van der Waals surface area contributed by atoms with Crippen LogP contribution in [-0.2, 0) is 16.6 Å². The van der Waals surface area contributed by atoms with Crippen molar-refractivity contribution in [3.8, 4) is 0 Å². The minimum atomic E-state index is -1.74. The number of pyridine rings is 1. The number of aromatic nitrogens is 1. The van der Waals surface area contributed by atoms with Crippen molar-refractivity contribution in [3.05, 3.63) is 29.6 Å². The molecule has 0 saturated heterocycles. The first-order valence-electron chi connectivity index (χ1n) is 6.74. The summed E-state index contributed by atoms with van der Waals surface area (Å²) < 4.78 is 6.16. The summed E-state index contributed by atoms with van der Waals surface area (Å²) in [4.78, 5) is 4.19. The number of rotatable bonds is 4. The molecule has 0 aromatic carbocycles. The highest BCUT2D eigenvalue weighted by Gasteiger charge is 2.37. The first-order valence-corrected chi connectivity index (χ1v) is 9.65. The van der Waals surface area contributed by atoms with E-state index >= 15 is 0 Å². The van der Waals surface area contributed by atoms with Crippen LogP contribution in [0, 0.1) is 0 Å². The summed E-state index contributed by atoms with van der Waals surface area (Å²) in [6, 6.07) is 1.97. The number of aliphatic hydroxyl groups is 1. The molecule has 3 nitrogen and oxygen atoms in total. The van der Waals surface area contributed by atoms with Gasteiger partial charge in [0.05, 0.1) is 12.2 Å². The van der Waals surface area contributed by atoms with Crippen LogP contribution in [0.5, 0.6) is 0 Å². The molecule has 0 fully saturated rings. The second kappa shape index (κ2) is 5.35. The highest BCUT2D eigenvalue weighted by molar-refractivity contribution is 6.74. The molecular weight excluding hydrogens is 254 g/mol. The molecule has 0 aliphatic carbocycles. The van der Waals surface area contributed by atoms with Crippen molar-refractivity contribution in [2.75, 3.05) is 0 Å². The van der Waals surface area contributed by atoms with Gasteiger partial charge in [-0.15, -0.1) is 0 Å². The number of hydrogen-bond acceptors (Lipinski definition) is 3. The van der Waals surface area contributed by atoms with Crippen LogP contribution in [0.4, 0.5) is 0 Å². The lowest BCUT2D eigenvalue weighted by Gasteiger charge is -2.36. The summed E-state index contributed by atoms with van der Waals surface area (Å²) in [5.41, 5.74) is 0.980. The van der Waals surface area contributed by atoms with E-state index in [0.29, 0.717) is 6.61 Å². The SMILES string of the molecule is CC(C)(O)c1cncc(CO[Si](C)(C)C(C)(C)C)c1. The predicted octanol–water partition coefficient (Wildman–Crippen LogP) is 3.83. The molecule has 0 aliphatic heterocycles. The molecule has 1 aromatic heterocycles. The summed E-state index contributed by atoms with van der Waals surface area (Å²) >= 11 is 0. The molecule has 0 radical (unpaired) electrons. The molecule has 4 heteroatoms. The van der Waals surface area contributed by atoms with E-state index in [1.807, 2.05) is 12.3 Å². The average molecular weight is 281 g/mol. The monoisotopic (exact) mass is 281 g/mol. The lowest BCUT2D eigenvalue weighted by atomic mass is 9.99. The Labute approximate surface area is 118 Å². The average Bonchev–Trinajstić information content (AvgIpc) is 2.24. The van der Waals surface area contributed by atoms with E-state index in [1.54, 1.807) is 20.0 Å². The third-order valence-corrected chi connectivity index (χ3v) is 8.39. The summed E-state index contributed by atoms with van der Waals surface area (Å²) in [5.74, 6) is 0. The lowest BCUT2D eigenvalue weighted by Crippen LogP contribution is -2.40. The van der Waals surface area contributed by atoms with Crippen LogP contribution in [0.15, 0.2) is 18.5 Å². The maximum Gasteiger partial charge on any atom is 0.192 e. The van der Waals surface area contributed by atoms with E-state index in [4.69, 9.17) is 4.43 Å². The van der Waals surface area contributed by atoms with Gasteiger partial charge in [-0.05, 0) is 43.6 Å². The van der Waals surface area contributed by atoms with Crippen molar-refractivity contribution in [3.63, 3.8) is 0 Å². The van der Waals surface area contributed by atoms with E-state index in [2.05, 4.69) is 38.8 Å². The molecule has 0 amide bonds. The second-order valence-electron chi connectivity index (χ2n) is 7.19. The molecule has 0 unspecified atom stereocenters. The van der Waals surface area contributed by atoms with Crippen LogP contribution < -0.4 is 0 Å².